The van der Waals surface area contributed by atoms with Gasteiger partial charge in [0.1, 0.15) is 6.10 Å². The van der Waals surface area contributed by atoms with E-state index in [9.17, 15) is 19.5 Å². The average Bonchev–Trinajstić information content (AvgIpc) is 3.66. The van der Waals surface area contributed by atoms with Crippen LogP contribution in [0.2, 0.25) is 5.02 Å². The number of aliphatic carboxylic acids is 1. The molecule has 2 aromatic rings. The summed E-state index contributed by atoms with van der Waals surface area (Å²) >= 11 is 6.13. The number of aromatic nitrogens is 2. The van der Waals surface area contributed by atoms with Crippen LogP contribution in [0.15, 0.2) is 39.8 Å². The van der Waals surface area contributed by atoms with Gasteiger partial charge in [-0.3, -0.25) is 14.4 Å². The molecule has 288 valence electrons. The number of nitrogens with zero attached hydrogens (tertiary/aromatic N) is 2. The Labute approximate surface area is 320 Å². The van der Waals surface area contributed by atoms with E-state index in [1.807, 2.05) is 24.3 Å². The predicted octanol–water partition coefficient (Wildman–Crippen LogP) is 9.96. The Morgan fingerprint density at radius 3 is 2.30 bits per heavy atom. The number of carbonyl (C=O) groups excluding carboxylic acids is 2. The van der Waals surface area contributed by atoms with Crippen LogP contribution in [0.4, 0.5) is 0 Å². The zero-order valence-electron chi connectivity index (χ0n) is 33.2. The Morgan fingerprint density at radius 2 is 1.64 bits per heavy atom. The van der Waals surface area contributed by atoms with Crippen molar-refractivity contribution in [1.82, 2.24) is 10.2 Å². The van der Waals surface area contributed by atoms with Gasteiger partial charge >= 0.3 is 11.9 Å². The van der Waals surface area contributed by atoms with Crippen molar-refractivity contribution in [2.75, 3.05) is 0 Å². The Morgan fingerprint density at radius 1 is 0.943 bits per heavy atom. The predicted molar refractivity (Wildman–Crippen MR) is 203 cm³/mol. The number of carbonyl (C=O) groups is 3. The molecule has 0 radical (unpaired) electrons. The highest BCUT2D eigenvalue weighted by atomic mass is 35.5. The van der Waals surface area contributed by atoms with Gasteiger partial charge in [-0.2, -0.15) is 0 Å². The number of hydrogen-bond donors (Lipinski definition) is 1. The summed E-state index contributed by atoms with van der Waals surface area (Å²) in [6.07, 6.45) is 8.34. The lowest BCUT2D eigenvalue weighted by Gasteiger charge is -2.72. The van der Waals surface area contributed by atoms with Gasteiger partial charge in [0.2, 0.25) is 11.8 Å². The van der Waals surface area contributed by atoms with Crippen LogP contribution in [0.5, 0.6) is 0 Å². The summed E-state index contributed by atoms with van der Waals surface area (Å²) in [7, 11) is 0. The molecule has 0 amide bonds. The minimum absolute atomic E-state index is 0.0183. The maximum absolute atomic E-state index is 14.1. The average molecular weight is 747 g/mol. The first-order chi connectivity index (χ1) is 24.7. The molecule has 1 aromatic heterocycles. The van der Waals surface area contributed by atoms with Gasteiger partial charge in [-0.25, -0.2) is 0 Å². The van der Waals surface area contributed by atoms with Gasteiger partial charge in [0, 0.05) is 16.9 Å². The lowest BCUT2D eigenvalue weighted by atomic mass is 9.33. The molecule has 0 aliphatic heterocycles. The van der Waals surface area contributed by atoms with E-state index in [1.165, 1.54) is 5.57 Å². The molecule has 1 heterocycles. The van der Waals surface area contributed by atoms with Crippen LogP contribution in [-0.2, 0) is 31.0 Å². The van der Waals surface area contributed by atoms with Crippen LogP contribution < -0.4 is 0 Å². The molecule has 5 aliphatic carbocycles. The first-order valence-electron chi connectivity index (χ1n) is 20.0. The van der Waals surface area contributed by atoms with Gasteiger partial charge in [-0.05, 0) is 134 Å². The topological polar surface area (TPSA) is 120 Å². The highest BCUT2D eigenvalue weighted by Crippen LogP contribution is 2.76. The first-order valence-corrected chi connectivity index (χ1v) is 20.4. The molecular weight excluding hydrogens is 688 g/mol. The smallest absolute Gasteiger partial charge is 0.309 e. The van der Waals surface area contributed by atoms with E-state index in [4.69, 9.17) is 25.9 Å². The van der Waals surface area contributed by atoms with Gasteiger partial charge in [0.15, 0.2) is 5.78 Å². The number of fused-ring (bicyclic) bond motifs is 7. The quantitative estimate of drug-likeness (QED) is 0.265. The number of carboxylic acids is 1. The molecule has 8 nitrogen and oxygen atoms in total. The number of hydrogen-bond acceptors (Lipinski definition) is 7. The molecule has 4 fully saturated rings. The van der Waals surface area contributed by atoms with E-state index in [0.29, 0.717) is 41.5 Å². The molecule has 0 spiro atoms. The first kappa shape index (κ1) is 38.3. The summed E-state index contributed by atoms with van der Waals surface area (Å²) in [5.74, 6) is 1.20. The number of esters is 1. The maximum Gasteiger partial charge on any atom is 0.309 e. The standard InChI is InChI=1S/C44H59ClN2O6/c1-25(2)35-29(48)23-44(37-47-46-33(53-37)22-26-10-12-27(45)13-11-26)21-20-42(8)28(36(35)44)14-15-31-41(7)18-17-32(52-34(49)24-39(3,4)38(50)51)40(5,6)30(41)16-19-43(31,42)9/h10-13,25,28,30-32H,14-24H2,1-9H3,(H,50,51)/t28-,30+,31-,32+,41+,42-,43-,44-/m1/s1. The number of halogens is 1. The second kappa shape index (κ2) is 12.8. The molecule has 9 heteroatoms. The number of benzene rings is 1. The fraction of sp³-hybridized carbons (Fsp3) is 0.705. The Hall–Kier alpha value is -3.00. The Kier molecular flexibility index (Phi) is 9.23. The van der Waals surface area contributed by atoms with Crippen LogP contribution in [0, 0.1) is 50.7 Å². The maximum atomic E-state index is 14.1. The summed E-state index contributed by atoms with van der Waals surface area (Å²) in [5, 5.41) is 19.6. The van der Waals surface area contributed by atoms with E-state index in [2.05, 4.69) is 53.6 Å². The Balaban J connectivity index is 1.19. The highest BCUT2D eigenvalue weighted by Gasteiger charge is 2.71. The molecule has 7 rings (SSSR count). The molecule has 4 saturated carbocycles. The van der Waals surface area contributed by atoms with Crippen LogP contribution in [0.25, 0.3) is 0 Å². The van der Waals surface area contributed by atoms with Gasteiger partial charge < -0.3 is 14.3 Å². The second-order valence-electron chi connectivity index (χ2n) is 19.8. The van der Waals surface area contributed by atoms with E-state index in [0.717, 1.165) is 62.5 Å². The number of ether oxygens (including phenoxy) is 1. The van der Waals surface area contributed by atoms with Gasteiger partial charge in [0.25, 0.3) is 0 Å². The van der Waals surface area contributed by atoms with Gasteiger partial charge in [-0.15, -0.1) is 10.2 Å². The molecule has 0 saturated heterocycles. The lowest BCUT2D eigenvalue weighted by molar-refractivity contribution is -0.232. The zero-order valence-corrected chi connectivity index (χ0v) is 34.0. The van der Waals surface area contributed by atoms with Crippen LogP contribution in [0.3, 0.4) is 0 Å². The number of ketones is 1. The van der Waals surface area contributed by atoms with Gasteiger partial charge in [0.05, 0.1) is 23.7 Å². The summed E-state index contributed by atoms with van der Waals surface area (Å²) < 4.78 is 12.7. The number of allylic oxidation sites excluding steroid dienone is 2. The third-order valence-electron chi connectivity index (χ3n) is 16.0. The molecule has 0 unspecified atom stereocenters. The fourth-order valence-corrected chi connectivity index (χ4v) is 13.1. The summed E-state index contributed by atoms with van der Waals surface area (Å²) in [5.41, 5.74) is 1.46. The highest BCUT2D eigenvalue weighted by molar-refractivity contribution is 6.30. The molecule has 1 aromatic carbocycles. The fourth-order valence-electron chi connectivity index (χ4n) is 13.0. The monoisotopic (exact) mass is 746 g/mol. The van der Waals surface area contributed by atoms with E-state index >= 15 is 0 Å². The molecule has 53 heavy (non-hydrogen) atoms. The minimum Gasteiger partial charge on any atom is -0.481 e. The summed E-state index contributed by atoms with van der Waals surface area (Å²) in [6, 6.07) is 7.71. The second-order valence-corrected chi connectivity index (χ2v) is 20.2. The molecule has 0 bridgehead atoms. The van der Waals surface area contributed by atoms with E-state index < -0.39 is 22.8 Å². The number of carboxylic acid groups (broad SMARTS) is 1. The lowest BCUT2D eigenvalue weighted by Crippen LogP contribution is -2.66. The molecular formula is C44H59ClN2O6. The minimum atomic E-state index is -1.17. The molecule has 5 aliphatic rings. The van der Waals surface area contributed by atoms with Crippen LogP contribution in [-0.4, -0.2) is 39.1 Å². The van der Waals surface area contributed by atoms with Crippen molar-refractivity contribution in [1.29, 1.82) is 0 Å². The van der Waals surface area contributed by atoms with E-state index in [-0.39, 0.29) is 51.8 Å². The van der Waals surface area contributed by atoms with Crippen molar-refractivity contribution in [3.8, 4) is 0 Å². The zero-order chi connectivity index (χ0) is 38.5. The van der Waals surface area contributed by atoms with Crippen molar-refractivity contribution in [2.45, 2.75) is 144 Å². The van der Waals surface area contributed by atoms with Crippen molar-refractivity contribution in [3.63, 3.8) is 0 Å². The van der Waals surface area contributed by atoms with Gasteiger partial charge in [-0.1, -0.05) is 72.2 Å². The molecule has 8 atom stereocenters. The van der Waals surface area contributed by atoms with Crippen molar-refractivity contribution >= 4 is 29.3 Å². The summed E-state index contributed by atoms with van der Waals surface area (Å²) in [4.78, 5) is 39.0. The van der Waals surface area contributed by atoms with Crippen molar-refractivity contribution < 1.29 is 28.6 Å². The Bertz CT molecular complexity index is 1840. The number of rotatable bonds is 8. The normalized spacial score (nSPS) is 36.4. The number of Topliss-reactive ketones (excluding diaryl/α,β-unsaturated/α-hetero) is 1. The summed E-state index contributed by atoms with van der Waals surface area (Å²) in [6.45, 7) is 19.7. The third-order valence-corrected chi connectivity index (χ3v) is 16.2. The van der Waals surface area contributed by atoms with Crippen LogP contribution >= 0.6 is 11.6 Å². The van der Waals surface area contributed by atoms with Crippen molar-refractivity contribution in [2.24, 2.45) is 50.7 Å². The van der Waals surface area contributed by atoms with Crippen LogP contribution in [0.1, 0.15) is 144 Å². The largest absolute Gasteiger partial charge is 0.481 e. The van der Waals surface area contributed by atoms with Crippen molar-refractivity contribution in [3.05, 3.63) is 57.8 Å². The SMILES string of the molecule is CC(C)C1=C2[C@H]3CC[C@@H]4[C@@]5(C)CC[C@H](OC(=O)CC(C)(C)C(=O)O)C(C)(C)[C@@H]5CC[C@@]4(C)[C@]3(C)CC[C@@]2(c2nnc(Cc3ccc(Cl)cc3)o2)CC1=O. The van der Waals surface area contributed by atoms with E-state index in [1.54, 1.807) is 13.8 Å². The third kappa shape index (κ3) is 5.77. The molecule has 1 N–H and O–H groups in total.